The minimum absolute atomic E-state index is 0.0214. The van der Waals surface area contributed by atoms with E-state index in [1.54, 1.807) is 6.07 Å². The lowest BCUT2D eigenvalue weighted by Gasteiger charge is -2.39. The highest BCUT2D eigenvalue weighted by atomic mass is 35.5. The molecule has 1 aromatic carbocycles. The fraction of sp³-hybridized carbons (Fsp3) is 0.579. The summed E-state index contributed by atoms with van der Waals surface area (Å²) >= 11 is 6.39. The lowest BCUT2D eigenvalue weighted by Crippen LogP contribution is -2.55. The second kappa shape index (κ2) is 7.20. The lowest BCUT2D eigenvalue weighted by atomic mass is 9.97. The normalized spacial score (nSPS) is 27.0. The van der Waals surface area contributed by atoms with Crippen molar-refractivity contribution >= 4 is 23.5 Å². The number of rotatable bonds is 4. The molecule has 4 rings (SSSR count). The SMILES string of the molecule is CC[C@H]1[C@@H](C(=O)OC)C[C@H]2CN(Cc3cc4c(cc3Cl)OCO4)CC(=O)N21. The molecule has 1 amide bonds. The number of hydrogen-bond acceptors (Lipinski definition) is 6. The highest BCUT2D eigenvalue weighted by Crippen LogP contribution is 2.39. The Labute approximate surface area is 163 Å². The topological polar surface area (TPSA) is 68.3 Å². The molecule has 1 aromatic rings. The largest absolute Gasteiger partial charge is 0.469 e. The third-order valence-corrected chi connectivity index (χ3v) is 6.07. The van der Waals surface area contributed by atoms with Crippen LogP contribution in [0, 0.1) is 5.92 Å². The summed E-state index contributed by atoms with van der Waals surface area (Å²) in [7, 11) is 1.40. The zero-order valence-corrected chi connectivity index (χ0v) is 16.2. The summed E-state index contributed by atoms with van der Waals surface area (Å²) in [6.45, 7) is 3.77. The number of methoxy groups -OCH3 is 1. The number of fused-ring (bicyclic) bond motifs is 2. The zero-order chi connectivity index (χ0) is 19.1. The van der Waals surface area contributed by atoms with Gasteiger partial charge in [0.2, 0.25) is 12.7 Å². The van der Waals surface area contributed by atoms with Crippen LogP contribution < -0.4 is 9.47 Å². The number of halogens is 1. The van der Waals surface area contributed by atoms with E-state index in [1.807, 2.05) is 17.9 Å². The molecule has 146 valence electrons. The molecule has 3 aliphatic rings. The molecule has 0 unspecified atom stereocenters. The molecule has 0 radical (unpaired) electrons. The van der Waals surface area contributed by atoms with E-state index in [9.17, 15) is 9.59 Å². The van der Waals surface area contributed by atoms with Crippen molar-refractivity contribution in [2.24, 2.45) is 5.92 Å². The van der Waals surface area contributed by atoms with E-state index in [4.69, 9.17) is 25.8 Å². The minimum Gasteiger partial charge on any atom is -0.469 e. The van der Waals surface area contributed by atoms with Crippen molar-refractivity contribution < 1.29 is 23.8 Å². The number of benzene rings is 1. The first-order chi connectivity index (χ1) is 13.0. The molecule has 3 atom stereocenters. The maximum Gasteiger partial charge on any atom is 0.310 e. The number of carbonyl (C=O) groups excluding carboxylic acids is 2. The molecule has 3 aliphatic heterocycles. The van der Waals surface area contributed by atoms with Crippen molar-refractivity contribution in [3.05, 3.63) is 22.7 Å². The molecule has 7 nitrogen and oxygen atoms in total. The van der Waals surface area contributed by atoms with E-state index in [1.165, 1.54) is 7.11 Å². The quantitative estimate of drug-likeness (QED) is 0.728. The highest BCUT2D eigenvalue weighted by molar-refractivity contribution is 6.31. The van der Waals surface area contributed by atoms with E-state index in [2.05, 4.69) is 4.90 Å². The number of hydrogen-bond donors (Lipinski definition) is 0. The first-order valence-electron chi connectivity index (χ1n) is 9.21. The second-order valence-electron chi connectivity index (χ2n) is 7.26. The molecule has 0 aliphatic carbocycles. The summed E-state index contributed by atoms with van der Waals surface area (Å²) in [6.07, 6.45) is 1.39. The van der Waals surface area contributed by atoms with Crippen molar-refractivity contribution in [2.45, 2.75) is 38.4 Å². The van der Waals surface area contributed by atoms with Crippen LogP contribution in [0.3, 0.4) is 0 Å². The Morgan fingerprint density at radius 1 is 1.33 bits per heavy atom. The molecule has 0 spiro atoms. The van der Waals surface area contributed by atoms with E-state index in [-0.39, 0.29) is 36.7 Å². The highest BCUT2D eigenvalue weighted by Gasteiger charge is 2.49. The molecule has 2 fully saturated rings. The van der Waals surface area contributed by atoms with E-state index >= 15 is 0 Å². The molecule has 3 heterocycles. The van der Waals surface area contributed by atoms with Gasteiger partial charge in [-0.05, 0) is 24.5 Å². The predicted molar refractivity (Wildman–Crippen MR) is 97.7 cm³/mol. The Morgan fingerprint density at radius 2 is 2.07 bits per heavy atom. The Kier molecular flexibility index (Phi) is 4.90. The maximum absolute atomic E-state index is 12.8. The summed E-state index contributed by atoms with van der Waals surface area (Å²) in [4.78, 5) is 29.0. The number of carbonyl (C=O) groups is 2. The first kappa shape index (κ1) is 18.4. The average molecular weight is 395 g/mol. The summed E-state index contributed by atoms with van der Waals surface area (Å²) in [5.74, 6) is 0.906. The van der Waals surface area contributed by atoms with Crippen LogP contribution in [0.25, 0.3) is 0 Å². The van der Waals surface area contributed by atoms with Gasteiger partial charge in [-0.3, -0.25) is 14.5 Å². The molecular formula is C19H23ClN2O5. The van der Waals surface area contributed by atoms with Gasteiger partial charge in [0, 0.05) is 36.3 Å². The van der Waals surface area contributed by atoms with Gasteiger partial charge in [-0.15, -0.1) is 0 Å². The summed E-state index contributed by atoms with van der Waals surface area (Å²) < 4.78 is 15.7. The van der Waals surface area contributed by atoms with Gasteiger partial charge in [0.25, 0.3) is 0 Å². The van der Waals surface area contributed by atoms with Crippen LogP contribution in [0.1, 0.15) is 25.3 Å². The molecule has 2 saturated heterocycles. The van der Waals surface area contributed by atoms with Crippen molar-refractivity contribution in [3.8, 4) is 11.5 Å². The minimum atomic E-state index is -0.247. The van der Waals surface area contributed by atoms with Gasteiger partial charge in [-0.2, -0.15) is 0 Å². The molecule has 0 saturated carbocycles. The van der Waals surface area contributed by atoms with Crippen molar-refractivity contribution in [3.63, 3.8) is 0 Å². The molecule has 0 bridgehead atoms. The van der Waals surface area contributed by atoms with Crippen molar-refractivity contribution in [2.75, 3.05) is 27.0 Å². The summed E-state index contributed by atoms with van der Waals surface area (Å²) in [6, 6.07) is 3.58. The number of esters is 1. The van der Waals surface area contributed by atoms with Crippen LogP contribution >= 0.6 is 11.6 Å². The lowest BCUT2D eigenvalue weighted by molar-refractivity contribution is -0.147. The van der Waals surface area contributed by atoms with Gasteiger partial charge < -0.3 is 19.1 Å². The Hall–Kier alpha value is -1.99. The van der Waals surface area contributed by atoms with Crippen LogP contribution in [0.4, 0.5) is 0 Å². The molecule has 0 N–H and O–H groups in total. The fourth-order valence-corrected chi connectivity index (χ4v) is 4.76. The van der Waals surface area contributed by atoms with Crippen LogP contribution in [0.5, 0.6) is 11.5 Å². The van der Waals surface area contributed by atoms with Crippen LogP contribution in [-0.4, -0.2) is 60.8 Å². The van der Waals surface area contributed by atoms with Gasteiger partial charge in [0.15, 0.2) is 11.5 Å². The number of ether oxygens (including phenoxy) is 3. The summed E-state index contributed by atoms with van der Waals surface area (Å²) in [5.41, 5.74) is 0.900. The van der Waals surface area contributed by atoms with Crippen LogP contribution in [-0.2, 0) is 20.9 Å². The summed E-state index contributed by atoms with van der Waals surface area (Å²) in [5, 5.41) is 0.597. The molecule has 0 aromatic heterocycles. The van der Waals surface area contributed by atoms with E-state index < -0.39 is 0 Å². The molecule has 8 heteroatoms. The molecule has 27 heavy (non-hydrogen) atoms. The fourth-order valence-electron chi connectivity index (χ4n) is 4.54. The van der Waals surface area contributed by atoms with Gasteiger partial charge >= 0.3 is 5.97 Å². The molecular weight excluding hydrogens is 372 g/mol. The van der Waals surface area contributed by atoms with E-state index in [0.29, 0.717) is 42.6 Å². The standard InChI is InChI=1S/C19H23ClN2O5/c1-3-15-13(19(24)25-2)5-12-8-21(9-18(23)22(12)15)7-11-4-16-17(6-14(11)20)27-10-26-16/h4,6,12-13,15H,3,5,7-10H2,1-2H3/t12-,13-,15-/m0/s1. The Balaban J connectivity index is 1.51. The number of nitrogens with zero attached hydrogens (tertiary/aromatic N) is 2. The van der Waals surface area contributed by atoms with Crippen molar-refractivity contribution in [1.29, 1.82) is 0 Å². The third-order valence-electron chi connectivity index (χ3n) is 5.71. The Morgan fingerprint density at radius 3 is 2.78 bits per heavy atom. The number of piperazine rings is 1. The van der Waals surface area contributed by atoms with Gasteiger partial charge in [0.1, 0.15) is 0 Å². The zero-order valence-electron chi connectivity index (χ0n) is 15.4. The Bertz CT molecular complexity index is 771. The first-order valence-corrected chi connectivity index (χ1v) is 9.59. The van der Waals surface area contributed by atoms with Crippen molar-refractivity contribution in [1.82, 2.24) is 9.80 Å². The maximum atomic E-state index is 12.8. The number of amides is 1. The average Bonchev–Trinajstić information content (AvgIpc) is 3.25. The second-order valence-corrected chi connectivity index (χ2v) is 7.67. The monoisotopic (exact) mass is 394 g/mol. The van der Waals surface area contributed by atoms with E-state index in [0.717, 1.165) is 12.0 Å². The van der Waals surface area contributed by atoms with Gasteiger partial charge in [0.05, 0.1) is 19.6 Å². The smallest absolute Gasteiger partial charge is 0.310 e. The van der Waals surface area contributed by atoms with Crippen LogP contribution in [0.15, 0.2) is 12.1 Å². The van der Waals surface area contributed by atoms with Gasteiger partial charge in [-0.1, -0.05) is 18.5 Å². The third kappa shape index (κ3) is 3.23. The predicted octanol–water partition coefficient (Wildman–Crippen LogP) is 2.05. The van der Waals surface area contributed by atoms with Crippen LogP contribution in [0.2, 0.25) is 5.02 Å². The van der Waals surface area contributed by atoms with Gasteiger partial charge in [-0.25, -0.2) is 0 Å².